The first-order valence-electron chi connectivity index (χ1n) is 5.93. The molecule has 104 valence electrons. The van der Waals surface area contributed by atoms with Crippen molar-refractivity contribution in [2.75, 3.05) is 6.54 Å². The van der Waals surface area contributed by atoms with Gasteiger partial charge in [0.2, 0.25) is 0 Å². The molecular formula is C14H18FNO3. The van der Waals surface area contributed by atoms with Crippen LogP contribution in [-0.2, 0) is 4.79 Å². The van der Waals surface area contributed by atoms with Gasteiger partial charge >= 0.3 is 5.97 Å². The van der Waals surface area contributed by atoms with E-state index in [2.05, 4.69) is 5.32 Å². The van der Waals surface area contributed by atoms with Crippen LogP contribution >= 0.6 is 0 Å². The average molecular weight is 267 g/mol. The van der Waals surface area contributed by atoms with Crippen molar-refractivity contribution < 1.29 is 19.1 Å². The molecule has 2 N–H and O–H groups in total. The molecule has 1 rings (SSSR count). The van der Waals surface area contributed by atoms with Crippen LogP contribution in [0.4, 0.5) is 4.39 Å². The van der Waals surface area contributed by atoms with E-state index in [1.807, 2.05) is 0 Å². The molecule has 0 heterocycles. The maximum absolute atomic E-state index is 13.4. The molecule has 0 aliphatic carbocycles. The van der Waals surface area contributed by atoms with E-state index in [1.54, 1.807) is 13.8 Å². The molecule has 1 amide bonds. The maximum atomic E-state index is 13.4. The molecule has 0 aliphatic rings. The van der Waals surface area contributed by atoms with Gasteiger partial charge in [-0.1, -0.05) is 0 Å². The fourth-order valence-electron chi connectivity index (χ4n) is 1.56. The molecule has 0 saturated carbocycles. The number of carbonyl (C=O) groups is 2. The number of carboxylic acid groups (broad SMARTS) is 1. The quantitative estimate of drug-likeness (QED) is 0.879. The number of amides is 1. The molecule has 1 aromatic carbocycles. The molecule has 19 heavy (non-hydrogen) atoms. The zero-order valence-corrected chi connectivity index (χ0v) is 11.5. The van der Waals surface area contributed by atoms with E-state index < -0.39 is 17.3 Å². The van der Waals surface area contributed by atoms with Crippen molar-refractivity contribution in [2.45, 2.75) is 27.7 Å². The molecule has 0 fully saturated rings. The standard InChI is InChI=1S/C14H18FNO3/c1-8-5-10(6-9(2)11(8)15)12(17)16-7-14(3,4)13(18)19/h5-6H,7H2,1-4H3,(H,16,17)(H,18,19). The van der Waals surface area contributed by atoms with Crippen LogP contribution in [0, 0.1) is 25.1 Å². The first-order chi connectivity index (χ1) is 8.65. The van der Waals surface area contributed by atoms with Gasteiger partial charge < -0.3 is 10.4 Å². The molecule has 0 radical (unpaired) electrons. The summed E-state index contributed by atoms with van der Waals surface area (Å²) in [6, 6.07) is 2.90. The molecule has 0 atom stereocenters. The lowest BCUT2D eigenvalue weighted by atomic mass is 9.94. The molecule has 0 bridgehead atoms. The lowest BCUT2D eigenvalue weighted by Crippen LogP contribution is -2.38. The van der Waals surface area contributed by atoms with Gasteiger partial charge in [0, 0.05) is 12.1 Å². The van der Waals surface area contributed by atoms with Crippen LogP contribution in [0.3, 0.4) is 0 Å². The summed E-state index contributed by atoms with van der Waals surface area (Å²) in [6.45, 7) is 6.23. The summed E-state index contributed by atoms with van der Waals surface area (Å²) in [7, 11) is 0. The average Bonchev–Trinajstić information content (AvgIpc) is 2.32. The fourth-order valence-corrected chi connectivity index (χ4v) is 1.56. The monoisotopic (exact) mass is 267 g/mol. The van der Waals surface area contributed by atoms with Crippen LogP contribution in [0.15, 0.2) is 12.1 Å². The van der Waals surface area contributed by atoms with Gasteiger partial charge in [-0.3, -0.25) is 9.59 Å². The third kappa shape index (κ3) is 3.53. The molecule has 4 nitrogen and oxygen atoms in total. The summed E-state index contributed by atoms with van der Waals surface area (Å²) < 4.78 is 13.4. The van der Waals surface area contributed by atoms with Gasteiger partial charge in [0.05, 0.1) is 5.41 Å². The summed E-state index contributed by atoms with van der Waals surface area (Å²) in [5.41, 5.74) is 0.0719. The van der Waals surface area contributed by atoms with E-state index in [-0.39, 0.29) is 12.4 Å². The van der Waals surface area contributed by atoms with Crippen molar-refractivity contribution in [2.24, 2.45) is 5.41 Å². The van der Waals surface area contributed by atoms with E-state index in [0.29, 0.717) is 16.7 Å². The van der Waals surface area contributed by atoms with Crippen molar-refractivity contribution in [1.82, 2.24) is 5.32 Å². The Hall–Kier alpha value is -1.91. The number of hydrogen-bond acceptors (Lipinski definition) is 2. The van der Waals surface area contributed by atoms with E-state index in [0.717, 1.165) is 0 Å². The second-order valence-corrected chi connectivity index (χ2v) is 5.30. The summed E-state index contributed by atoms with van der Waals surface area (Å²) in [4.78, 5) is 22.8. The second kappa shape index (κ2) is 5.38. The van der Waals surface area contributed by atoms with E-state index in [1.165, 1.54) is 26.0 Å². The van der Waals surface area contributed by atoms with Crippen LogP contribution in [0.5, 0.6) is 0 Å². The third-order valence-corrected chi connectivity index (χ3v) is 2.97. The highest BCUT2D eigenvalue weighted by Crippen LogP contribution is 2.16. The number of rotatable bonds is 4. The lowest BCUT2D eigenvalue weighted by molar-refractivity contribution is -0.146. The molecule has 0 aromatic heterocycles. The highest BCUT2D eigenvalue weighted by Gasteiger charge is 2.27. The summed E-state index contributed by atoms with van der Waals surface area (Å²) in [5.74, 6) is -1.72. The molecule has 0 spiro atoms. The number of carbonyl (C=O) groups excluding carboxylic acids is 1. The zero-order chi connectivity index (χ0) is 14.8. The molecular weight excluding hydrogens is 249 g/mol. The fraction of sp³-hybridized carbons (Fsp3) is 0.429. The van der Waals surface area contributed by atoms with E-state index in [4.69, 9.17) is 5.11 Å². The Bertz CT molecular complexity index is 500. The van der Waals surface area contributed by atoms with Gasteiger partial charge in [0.25, 0.3) is 5.91 Å². The van der Waals surface area contributed by atoms with E-state index >= 15 is 0 Å². The minimum absolute atomic E-state index is 0.0106. The highest BCUT2D eigenvalue weighted by molar-refractivity contribution is 5.95. The molecule has 1 aromatic rings. The van der Waals surface area contributed by atoms with Crippen LogP contribution < -0.4 is 5.32 Å². The van der Waals surface area contributed by atoms with Crippen molar-refractivity contribution in [3.05, 3.63) is 34.6 Å². The van der Waals surface area contributed by atoms with E-state index in [9.17, 15) is 14.0 Å². The number of hydrogen-bond donors (Lipinski definition) is 2. The first-order valence-corrected chi connectivity index (χ1v) is 5.93. The largest absolute Gasteiger partial charge is 0.481 e. The molecule has 0 aliphatic heterocycles. The Morgan fingerprint density at radius 2 is 1.74 bits per heavy atom. The minimum Gasteiger partial charge on any atom is -0.481 e. The van der Waals surface area contributed by atoms with Gasteiger partial charge in [-0.25, -0.2) is 4.39 Å². The topological polar surface area (TPSA) is 66.4 Å². The Morgan fingerprint density at radius 1 is 1.26 bits per heavy atom. The number of benzene rings is 1. The van der Waals surface area contributed by atoms with Gasteiger partial charge in [-0.05, 0) is 51.0 Å². The summed E-state index contributed by atoms with van der Waals surface area (Å²) in [6.07, 6.45) is 0. The zero-order valence-electron chi connectivity index (χ0n) is 11.5. The Balaban J connectivity index is 2.83. The van der Waals surface area contributed by atoms with Gasteiger partial charge in [0.15, 0.2) is 0 Å². The minimum atomic E-state index is -1.04. The number of aliphatic carboxylic acids is 1. The van der Waals surface area contributed by atoms with Crippen LogP contribution in [-0.4, -0.2) is 23.5 Å². The SMILES string of the molecule is Cc1cc(C(=O)NCC(C)(C)C(=O)O)cc(C)c1F. The predicted octanol–water partition coefficient (Wildman–Crippen LogP) is 2.28. The van der Waals surface area contributed by atoms with Crippen molar-refractivity contribution >= 4 is 11.9 Å². The van der Waals surface area contributed by atoms with Gasteiger partial charge in [-0.15, -0.1) is 0 Å². The van der Waals surface area contributed by atoms with Crippen LogP contribution in [0.2, 0.25) is 0 Å². The maximum Gasteiger partial charge on any atom is 0.310 e. The smallest absolute Gasteiger partial charge is 0.310 e. The number of halogens is 1. The third-order valence-electron chi connectivity index (χ3n) is 2.97. The molecule has 0 unspecified atom stereocenters. The number of nitrogens with one attached hydrogen (secondary N) is 1. The van der Waals surface area contributed by atoms with Crippen molar-refractivity contribution in [3.8, 4) is 0 Å². The van der Waals surface area contributed by atoms with Crippen molar-refractivity contribution in [1.29, 1.82) is 0 Å². The number of aryl methyl sites for hydroxylation is 2. The van der Waals surface area contributed by atoms with Crippen LogP contribution in [0.1, 0.15) is 35.3 Å². The second-order valence-electron chi connectivity index (χ2n) is 5.30. The lowest BCUT2D eigenvalue weighted by Gasteiger charge is -2.19. The summed E-state index contributed by atoms with van der Waals surface area (Å²) in [5, 5.41) is 11.5. The predicted molar refractivity (Wildman–Crippen MR) is 69.6 cm³/mol. The Labute approximate surface area is 111 Å². The van der Waals surface area contributed by atoms with Gasteiger partial charge in [0.1, 0.15) is 5.82 Å². The summed E-state index contributed by atoms with van der Waals surface area (Å²) >= 11 is 0. The number of carboxylic acids is 1. The van der Waals surface area contributed by atoms with Crippen molar-refractivity contribution in [3.63, 3.8) is 0 Å². The van der Waals surface area contributed by atoms with Crippen LogP contribution in [0.25, 0.3) is 0 Å². The highest BCUT2D eigenvalue weighted by atomic mass is 19.1. The normalized spacial score (nSPS) is 11.2. The Kier molecular flexibility index (Phi) is 4.29. The van der Waals surface area contributed by atoms with Gasteiger partial charge in [-0.2, -0.15) is 0 Å². The Morgan fingerprint density at radius 3 is 2.16 bits per heavy atom. The molecule has 0 saturated heterocycles. The first kappa shape index (κ1) is 15.1. The molecule has 5 heteroatoms.